The molecule has 0 bridgehead atoms. The van der Waals surface area contributed by atoms with Crippen molar-refractivity contribution in [3.8, 4) is 11.1 Å². The molecular weight excluding hydrogens is 446 g/mol. The fourth-order valence-corrected chi connectivity index (χ4v) is 4.67. The van der Waals surface area contributed by atoms with Gasteiger partial charge in [0.15, 0.2) is 0 Å². The Morgan fingerprint density at radius 2 is 1.97 bits per heavy atom. The van der Waals surface area contributed by atoms with Crippen LogP contribution >= 0.6 is 11.6 Å². The van der Waals surface area contributed by atoms with Crippen LogP contribution in [-0.2, 0) is 14.4 Å². The summed E-state index contributed by atoms with van der Waals surface area (Å²) in [6.07, 6.45) is 1.97. The van der Waals surface area contributed by atoms with Crippen molar-refractivity contribution in [2.75, 3.05) is 13.1 Å². The lowest BCUT2D eigenvalue weighted by molar-refractivity contribution is -0.141. The molecule has 1 saturated heterocycles. The van der Waals surface area contributed by atoms with Crippen molar-refractivity contribution in [3.63, 3.8) is 0 Å². The van der Waals surface area contributed by atoms with E-state index in [-0.39, 0.29) is 23.8 Å². The monoisotopic (exact) mass is 467 g/mol. The molecule has 170 valence electrons. The molecule has 0 radical (unpaired) electrons. The van der Waals surface area contributed by atoms with Crippen LogP contribution in [0, 0.1) is 5.92 Å². The summed E-state index contributed by atoms with van der Waals surface area (Å²) >= 11 is 6.32. The van der Waals surface area contributed by atoms with Crippen molar-refractivity contribution < 1.29 is 23.9 Å². The standard InChI is InChI=1S/C25H22ClNO6/c26-21-6-2-1-5-17(21)19-12-24(31)33-22-11-16(7-8-18(19)22)20(14-28)25(32)27-9-3-4-15(13-27)10-23(29)30/h1-2,5-8,11-12,14-15,20H,3-4,9-10,13H2,(H,29,30)/t15-,20?/m0/s1. The number of piperidine rings is 1. The highest BCUT2D eigenvalue weighted by atomic mass is 35.5. The second-order valence-corrected chi connectivity index (χ2v) is 8.63. The van der Waals surface area contributed by atoms with Gasteiger partial charge in [0.2, 0.25) is 5.91 Å². The maximum absolute atomic E-state index is 13.1. The summed E-state index contributed by atoms with van der Waals surface area (Å²) in [7, 11) is 0. The summed E-state index contributed by atoms with van der Waals surface area (Å²) < 4.78 is 5.38. The van der Waals surface area contributed by atoms with Crippen LogP contribution in [0.2, 0.25) is 5.02 Å². The first-order chi connectivity index (χ1) is 15.9. The second-order valence-electron chi connectivity index (χ2n) is 8.22. The minimum atomic E-state index is -1.08. The van der Waals surface area contributed by atoms with Crippen molar-refractivity contribution in [3.05, 3.63) is 69.5 Å². The topological polar surface area (TPSA) is 105 Å². The molecule has 3 aromatic rings. The van der Waals surface area contributed by atoms with Crippen LogP contribution in [0.25, 0.3) is 22.1 Å². The molecule has 1 aliphatic rings. The molecule has 1 aliphatic heterocycles. The number of hydrogen-bond acceptors (Lipinski definition) is 5. The fourth-order valence-electron chi connectivity index (χ4n) is 4.43. The molecule has 2 atom stereocenters. The van der Waals surface area contributed by atoms with Gasteiger partial charge < -0.3 is 19.2 Å². The molecule has 0 aliphatic carbocycles. The SMILES string of the molecule is O=CC(C(=O)N1CCC[C@@H](CC(=O)O)C1)c1ccc2c(-c3ccccc3Cl)cc(=O)oc2c1. The van der Waals surface area contributed by atoms with Gasteiger partial charge in [-0.25, -0.2) is 4.79 Å². The number of likely N-dealkylation sites (tertiary alicyclic amines) is 1. The third-order valence-electron chi connectivity index (χ3n) is 5.99. The number of aliphatic carboxylic acids is 1. The van der Waals surface area contributed by atoms with Gasteiger partial charge in [-0.3, -0.25) is 9.59 Å². The smallest absolute Gasteiger partial charge is 0.336 e. The molecule has 33 heavy (non-hydrogen) atoms. The molecular formula is C25H22ClNO6. The Morgan fingerprint density at radius 1 is 1.18 bits per heavy atom. The Hall–Kier alpha value is -3.45. The van der Waals surface area contributed by atoms with Crippen molar-refractivity contribution >= 4 is 40.7 Å². The summed E-state index contributed by atoms with van der Waals surface area (Å²) in [5.41, 5.74) is 1.35. The summed E-state index contributed by atoms with van der Waals surface area (Å²) in [6, 6.07) is 13.4. The molecule has 1 N–H and O–H groups in total. The number of halogens is 1. The predicted octanol–water partition coefficient (Wildman–Crippen LogP) is 4.11. The number of carbonyl (C=O) groups excluding carboxylic acids is 2. The van der Waals surface area contributed by atoms with Crippen LogP contribution < -0.4 is 5.63 Å². The van der Waals surface area contributed by atoms with E-state index in [0.29, 0.717) is 52.9 Å². The quantitative estimate of drug-likeness (QED) is 0.332. The molecule has 4 rings (SSSR count). The molecule has 0 spiro atoms. The number of amides is 1. The maximum atomic E-state index is 13.1. The first kappa shape index (κ1) is 22.7. The summed E-state index contributed by atoms with van der Waals surface area (Å²) in [6.45, 7) is 0.771. The Labute approximate surface area is 194 Å². The third kappa shape index (κ3) is 4.83. The van der Waals surface area contributed by atoms with Gasteiger partial charge in [-0.1, -0.05) is 41.9 Å². The molecule has 2 heterocycles. The first-order valence-electron chi connectivity index (χ1n) is 10.7. The van der Waals surface area contributed by atoms with E-state index in [1.807, 2.05) is 6.07 Å². The summed E-state index contributed by atoms with van der Waals surface area (Å²) in [5, 5.41) is 10.2. The minimum Gasteiger partial charge on any atom is -0.481 e. The highest BCUT2D eigenvalue weighted by Gasteiger charge is 2.31. The number of nitrogens with zero attached hydrogens (tertiary/aromatic N) is 1. The fraction of sp³-hybridized carbons (Fsp3) is 0.280. The second kappa shape index (κ2) is 9.58. The number of fused-ring (bicyclic) bond motifs is 1. The lowest BCUT2D eigenvalue weighted by Gasteiger charge is -2.33. The van der Waals surface area contributed by atoms with Gasteiger partial charge in [0, 0.05) is 47.1 Å². The van der Waals surface area contributed by atoms with E-state index >= 15 is 0 Å². The normalized spacial score (nSPS) is 17.0. The van der Waals surface area contributed by atoms with E-state index in [1.54, 1.807) is 35.2 Å². The van der Waals surface area contributed by atoms with E-state index < -0.39 is 17.5 Å². The van der Waals surface area contributed by atoms with Crippen LogP contribution in [-0.4, -0.2) is 41.3 Å². The highest BCUT2D eigenvalue weighted by Crippen LogP contribution is 2.34. The Kier molecular flexibility index (Phi) is 6.60. The number of carbonyl (C=O) groups is 3. The van der Waals surface area contributed by atoms with E-state index in [9.17, 15) is 19.2 Å². The Morgan fingerprint density at radius 3 is 2.70 bits per heavy atom. The van der Waals surface area contributed by atoms with Crippen LogP contribution in [0.3, 0.4) is 0 Å². The zero-order valence-electron chi connectivity index (χ0n) is 17.7. The first-order valence-corrected chi connectivity index (χ1v) is 11.0. The lowest BCUT2D eigenvalue weighted by atomic mass is 9.91. The number of benzene rings is 2. The highest BCUT2D eigenvalue weighted by molar-refractivity contribution is 6.33. The third-order valence-corrected chi connectivity index (χ3v) is 6.32. The van der Waals surface area contributed by atoms with Gasteiger partial charge in [0.25, 0.3) is 0 Å². The van der Waals surface area contributed by atoms with E-state index in [0.717, 1.165) is 6.42 Å². The molecule has 2 aromatic carbocycles. The van der Waals surface area contributed by atoms with Gasteiger partial charge >= 0.3 is 11.6 Å². The van der Waals surface area contributed by atoms with Gasteiger partial charge in [0.05, 0.1) is 0 Å². The molecule has 1 amide bonds. The van der Waals surface area contributed by atoms with Gasteiger partial charge in [-0.05, 0) is 36.5 Å². The van der Waals surface area contributed by atoms with E-state index in [2.05, 4.69) is 0 Å². The van der Waals surface area contributed by atoms with Crippen molar-refractivity contribution in [1.82, 2.24) is 4.90 Å². The molecule has 7 nitrogen and oxygen atoms in total. The molecule has 8 heteroatoms. The maximum Gasteiger partial charge on any atom is 0.336 e. The van der Waals surface area contributed by atoms with Crippen LogP contribution in [0.5, 0.6) is 0 Å². The zero-order chi connectivity index (χ0) is 23.5. The van der Waals surface area contributed by atoms with E-state index in [1.165, 1.54) is 12.1 Å². The summed E-state index contributed by atoms with van der Waals surface area (Å²) in [5.74, 6) is -2.50. The van der Waals surface area contributed by atoms with Crippen LogP contribution in [0.1, 0.15) is 30.7 Å². The molecule has 1 fully saturated rings. The lowest BCUT2D eigenvalue weighted by Crippen LogP contribution is -2.43. The largest absolute Gasteiger partial charge is 0.481 e. The Bertz CT molecular complexity index is 1280. The van der Waals surface area contributed by atoms with Crippen LogP contribution in [0.15, 0.2) is 57.7 Å². The minimum absolute atomic E-state index is 0.0124. The van der Waals surface area contributed by atoms with Crippen LogP contribution in [0.4, 0.5) is 0 Å². The average Bonchev–Trinajstić information content (AvgIpc) is 2.79. The van der Waals surface area contributed by atoms with Gasteiger partial charge in [0.1, 0.15) is 17.8 Å². The van der Waals surface area contributed by atoms with Crippen molar-refractivity contribution in [2.24, 2.45) is 5.92 Å². The van der Waals surface area contributed by atoms with E-state index in [4.69, 9.17) is 21.1 Å². The number of carboxylic acid groups (broad SMARTS) is 1. The Balaban J connectivity index is 1.68. The van der Waals surface area contributed by atoms with Gasteiger partial charge in [-0.15, -0.1) is 0 Å². The predicted molar refractivity (Wildman–Crippen MR) is 123 cm³/mol. The molecule has 0 saturated carbocycles. The summed E-state index contributed by atoms with van der Waals surface area (Å²) in [4.78, 5) is 49.9. The molecule has 1 aromatic heterocycles. The van der Waals surface area contributed by atoms with Crippen molar-refractivity contribution in [1.29, 1.82) is 0 Å². The zero-order valence-corrected chi connectivity index (χ0v) is 18.5. The van der Waals surface area contributed by atoms with Crippen molar-refractivity contribution in [2.45, 2.75) is 25.2 Å². The average molecular weight is 468 g/mol. The number of rotatable bonds is 6. The van der Waals surface area contributed by atoms with Gasteiger partial charge in [-0.2, -0.15) is 0 Å². The molecule has 1 unspecified atom stereocenters. The number of carboxylic acids is 1. The number of hydrogen-bond donors (Lipinski definition) is 1. The number of aldehydes is 1.